The number of carboxylic acids is 1. The van der Waals surface area contributed by atoms with Crippen LogP contribution in [0.3, 0.4) is 0 Å². The highest BCUT2D eigenvalue weighted by molar-refractivity contribution is 5.68. The van der Waals surface area contributed by atoms with Gasteiger partial charge >= 0.3 is 12.1 Å². The molecule has 0 spiro atoms. The lowest BCUT2D eigenvalue weighted by atomic mass is 9.88. The average molecular weight is 305 g/mol. The van der Waals surface area contributed by atoms with Gasteiger partial charge < -0.3 is 15.2 Å². The van der Waals surface area contributed by atoms with Gasteiger partial charge in [-0.1, -0.05) is 56.0 Å². The third-order valence-electron chi connectivity index (χ3n) is 4.22. The predicted octanol–water partition coefficient (Wildman–Crippen LogP) is 3.19. The molecule has 2 rings (SSSR count). The maximum Gasteiger partial charge on any atom is 0.407 e. The molecule has 1 atom stereocenters. The Balaban J connectivity index is 1.75. The van der Waals surface area contributed by atoms with E-state index in [4.69, 9.17) is 9.84 Å². The summed E-state index contributed by atoms with van der Waals surface area (Å²) in [6.07, 6.45) is 4.02. The van der Waals surface area contributed by atoms with Gasteiger partial charge in [0.15, 0.2) is 0 Å². The van der Waals surface area contributed by atoms with E-state index in [1.807, 2.05) is 30.3 Å². The van der Waals surface area contributed by atoms with Crippen LogP contribution in [-0.2, 0) is 16.1 Å². The van der Waals surface area contributed by atoms with Crippen LogP contribution in [0, 0.1) is 11.8 Å². The number of carboxylic acid groups (broad SMARTS) is 1. The molecule has 1 saturated carbocycles. The maximum atomic E-state index is 11.7. The number of carbonyl (C=O) groups excluding carboxylic acids is 1. The Labute approximate surface area is 130 Å². The summed E-state index contributed by atoms with van der Waals surface area (Å²) in [4.78, 5) is 22.7. The van der Waals surface area contributed by atoms with Crippen LogP contribution in [0.15, 0.2) is 30.3 Å². The van der Waals surface area contributed by atoms with Crippen molar-refractivity contribution in [1.82, 2.24) is 5.32 Å². The van der Waals surface area contributed by atoms with Crippen LogP contribution in [-0.4, -0.2) is 23.7 Å². The molecule has 1 fully saturated rings. The molecule has 120 valence electrons. The van der Waals surface area contributed by atoms with Crippen molar-refractivity contribution in [3.8, 4) is 0 Å². The van der Waals surface area contributed by atoms with E-state index in [1.54, 1.807) is 0 Å². The molecule has 0 bridgehead atoms. The first-order valence-corrected chi connectivity index (χ1v) is 7.81. The fourth-order valence-electron chi connectivity index (χ4n) is 3.05. The number of benzene rings is 1. The SMILES string of the molecule is O=C(O)C[C@@H](CNC(=O)OCc1ccccc1)C1CCCC1. The van der Waals surface area contributed by atoms with Gasteiger partial charge in [0, 0.05) is 6.54 Å². The van der Waals surface area contributed by atoms with Gasteiger partial charge in [0.05, 0.1) is 6.42 Å². The number of amides is 1. The van der Waals surface area contributed by atoms with Crippen molar-refractivity contribution in [1.29, 1.82) is 0 Å². The molecule has 1 amide bonds. The van der Waals surface area contributed by atoms with E-state index in [-0.39, 0.29) is 18.9 Å². The summed E-state index contributed by atoms with van der Waals surface area (Å²) in [5.41, 5.74) is 0.926. The van der Waals surface area contributed by atoms with Crippen LogP contribution in [0.1, 0.15) is 37.7 Å². The second kappa shape index (κ2) is 8.41. The fourth-order valence-corrected chi connectivity index (χ4v) is 3.05. The van der Waals surface area contributed by atoms with E-state index in [9.17, 15) is 9.59 Å². The smallest absolute Gasteiger partial charge is 0.407 e. The first-order valence-electron chi connectivity index (χ1n) is 7.81. The molecular formula is C17H23NO4. The zero-order chi connectivity index (χ0) is 15.8. The number of carbonyl (C=O) groups is 2. The average Bonchev–Trinajstić information content (AvgIpc) is 3.04. The molecule has 22 heavy (non-hydrogen) atoms. The lowest BCUT2D eigenvalue weighted by Crippen LogP contribution is -2.33. The number of aliphatic carboxylic acids is 1. The lowest BCUT2D eigenvalue weighted by molar-refractivity contribution is -0.138. The summed E-state index contributed by atoms with van der Waals surface area (Å²) in [6.45, 7) is 0.588. The third-order valence-corrected chi connectivity index (χ3v) is 4.22. The van der Waals surface area contributed by atoms with Crippen molar-refractivity contribution in [3.63, 3.8) is 0 Å². The van der Waals surface area contributed by atoms with Gasteiger partial charge in [0.25, 0.3) is 0 Å². The van der Waals surface area contributed by atoms with Gasteiger partial charge in [-0.05, 0) is 17.4 Å². The Morgan fingerprint density at radius 2 is 1.91 bits per heavy atom. The molecule has 5 nitrogen and oxygen atoms in total. The van der Waals surface area contributed by atoms with Gasteiger partial charge in [-0.25, -0.2) is 4.79 Å². The number of hydrogen-bond donors (Lipinski definition) is 2. The Morgan fingerprint density at radius 1 is 1.23 bits per heavy atom. The second-order valence-electron chi connectivity index (χ2n) is 5.85. The molecule has 1 aliphatic rings. The molecule has 2 N–H and O–H groups in total. The first kappa shape index (κ1) is 16.3. The van der Waals surface area contributed by atoms with E-state index in [2.05, 4.69) is 5.32 Å². The summed E-state index contributed by atoms with van der Waals surface area (Å²) >= 11 is 0. The number of hydrogen-bond acceptors (Lipinski definition) is 3. The number of alkyl carbamates (subject to hydrolysis) is 1. The van der Waals surface area contributed by atoms with E-state index >= 15 is 0 Å². The van der Waals surface area contributed by atoms with Crippen LogP contribution in [0.25, 0.3) is 0 Å². The van der Waals surface area contributed by atoms with Gasteiger partial charge in [0.1, 0.15) is 6.61 Å². The quantitative estimate of drug-likeness (QED) is 0.811. The van der Waals surface area contributed by atoms with Crippen LogP contribution in [0.5, 0.6) is 0 Å². The topological polar surface area (TPSA) is 75.6 Å². The molecule has 5 heteroatoms. The van der Waals surface area contributed by atoms with Crippen LogP contribution < -0.4 is 5.32 Å². The molecule has 0 heterocycles. The Hall–Kier alpha value is -2.04. The molecule has 0 saturated heterocycles. The predicted molar refractivity (Wildman–Crippen MR) is 82.3 cm³/mol. The second-order valence-corrected chi connectivity index (χ2v) is 5.85. The molecule has 0 aliphatic heterocycles. The minimum atomic E-state index is -0.809. The van der Waals surface area contributed by atoms with Gasteiger partial charge in [0.2, 0.25) is 0 Å². The van der Waals surface area contributed by atoms with Crippen LogP contribution in [0.4, 0.5) is 4.79 Å². The Bertz CT molecular complexity index is 483. The zero-order valence-electron chi connectivity index (χ0n) is 12.7. The highest BCUT2D eigenvalue weighted by Gasteiger charge is 2.27. The number of nitrogens with one attached hydrogen (secondary N) is 1. The molecular weight excluding hydrogens is 282 g/mol. The van der Waals surface area contributed by atoms with Crippen molar-refractivity contribution in [2.24, 2.45) is 11.8 Å². The third kappa shape index (κ3) is 5.39. The molecule has 0 radical (unpaired) electrons. The van der Waals surface area contributed by atoms with Crippen LogP contribution in [0.2, 0.25) is 0 Å². The number of rotatable bonds is 7. The van der Waals surface area contributed by atoms with Crippen molar-refractivity contribution in [3.05, 3.63) is 35.9 Å². The molecule has 1 aliphatic carbocycles. The van der Waals surface area contributed by atoms with Gasteiger partial charge in [-0.15, -0.1) is 0 Å². The monoisotopic (exact) mass is 305 g/mol. The Kier molecular flexibility index (Phi) is 6.25. The summed E-state index contributed by atoms with van der Waals surface area (Å²) in [5.74, 6) is -0.425. The van der Waals surface area contributed by atoms with E-state index in [1.165, 1.54) is 0 Å². The van der Waals surface area contributed by atoms with E-state index in [0.717, 1.165) is 31.2 Å². The Morgan fingerprint density at radius 3 is 2.55 bits per heavy atom. The minimum Gasteiger partial charge on any atom is -0.481 e. The highest BCUT2D eigenvalue weighted by Crippen LogP contribution is 2.32. The van der Waals surface area contributed by atoms with E-state index < -0.39 is 12.1 Å². The van der Waals surface area contributed by atoms with Crippen molar-refractivity contribution < 1.29 is 19.4 Å². The van der Waals surface area contributed by atoms with Crippen molar-refractivity contribution in [2.75, 3.05) is 6.54 Å². The largest absolute Gasteiger partial charge is 0.481 e. The maximum absolute atomic E-state index is 11.7. The first-order chi connectivity index (χ1) is 10.6. The molecule has 1 aromatic rings. The highest BCUT2D eigenvalue weighted by atomic mass is 16.5. The molecule has 1 aromatic carbocycles. The fraction of sp³-hybridized carbons (Fsp3) is 0.529. The number of ether oxygens (including phenoxy) is 1. The van der Waals surface area contributed by atoms with E-state index in [0.29, 0.717) is 12.5 Å². The summed E-state index contributed by atoms with van der Waals surface area (Å²) in [6, 6.07) is 9.46. The zero-order valence-corrected chi connectivity index (χ0v) is 12.7. The molecule has 0 aromatic heterocycles. The minimum absolute atomic E-state index is 0.00993. The summed E-state index contributed by atoms with van der Waals surface area (Å²) < 4.78 is 5.15. The standard InChI is InChI=1S/C17H23NO4/c19-16(20)10-15(14-8-4-5-9-14)11-18-17(21)22-12-13-6-2-1-3-7-13/h1-3,6-7,14-15H,4-5,8-12H2,(H,18,21)(H,19,20)/t15-/m0/s1. The van der Waals surface area contributed by atoms with Gasteiger partial charge in [-0.2, -0.15) is 0 Å². The van der Waals surface area contributed by atoms with Gasteiger partial charge in [-0.3, -0.25) is 4.79 Å². The van der Waals surface area contributed by atoms with Crippen molar-refractivity contribution in [2.45, 2.75) is 38.7 Å². The lowest BCUT2D eigenvalue weighted by Gasteiger charge is -2.22. The normalized spacial score (nSPS) is 16.2. The molecule has 0 unspecified atom stereocenters. The van der Waals surface area contributed by atoms with Crippen molar-refractivity contribution >= 4 is 12.1 Å². The summed E-state index contributed by atoms with van der Waals surface area (Å²) in [5, 5.41) is 11.7. The summed E-state index contributed by atoms with van der Waals surface area (Å²) in [7, 11) is 0. The van der Waals surface area contributed by atoms with Crippen LogP contribution >= 0.6 is 0 Å².